The van der Waals surface area contributed by atoms with Gasteiger partial charge >= 0.3 is 17.6 Å². The number of nitrogens with two attached hydrogens (primary N) is 1. The molecule has 13 heteroatoms. The number of aliphatic hydroxyl groups excluding tert-OH is 2. The van der Waals surface area contributed by atoms with E-state index in [1.54, 1.807) is 0 Å². The zero-order valence-corrected chi connectivity index (χ0v) is 16.2. The zero-order chi connectivity index (χ0) is 23.1. The second-order valence-corrected chi connectivity index (χ2v) is 6.70. The molecule has 0 aliphatic carbocycles. The van der Waals surface area contributed by atoms with E-state index >= 15 is 0 Å². The number of rotatable bonds is 8. The van der Waals surface area contributed by atoms with Crippen LogP contribution in [0.1, 0.15) is 37.5 Å². The Balaban J connectivity index is 2.03. The molecule has 168 valence electrons. The van der Waals surface area contributed by atoms with Gasteiger partial charge in [-0.3, -0.25) is 14.2 Å². The molecule has 0 saturated carbocycles. The van der Waals surface area contributed by atoms with Crippen LogP contribution in [-0.4, -0.2) is 72.7 Å². The molecule has 4 atom stereocenters. The summed E-state index contributed by atoms with van der Waals surface area (Å²) in [5, 5.41) is 38.7. The highest BCUT2D eigenvalue weighted by Crippen LogP contribution is 2.27. The van der Waals surface area contributed by atoms with E-state index in [2.05, 4.69) is 22.1 Å². The highest BCUT2D eigenvalue weighted by atomic mass is 16.5. The first-order valence-electron chi connectivity index (χ1n) is 9.18. The number of carboxylic acids is 2. The molecule has 4 unspecified atom stereocenters. The van der Waals surface area contributed by atoms with Gasteiger partial charge in [0.25, 0.3) is 0 Å². The molecule has 1 saturated heterocycles. The summed E-state index contributed by atoms with van der Waals surface area (Å²) in [6.07, 6.45) is -2.25. The number of ether oxygens (including phenoxy) is 1. The lowest BCUT2D eigenvalue weighted by atomic mass is 10.2. The van der Waals surface area contributed by atoms with Gasteiger partial charge in [0.2, 0.25) is 5.91 Å². The normalized spacial score (nSPS) is 21.0. The van der Waals surface area contributed by atoms with Crippen molar-refractivity contribution in [2.24, 2.45) is 0 Å². The van der Waals surface area contributed by atoms with E-state index in [-0.39, 0.29) is 30.6 Å². The van der Waals surface area contributed by atoms with Crippen LogP contribution >= 0.6 is 0 Å². The van der Waals surface area contributed by atoms with Gasteiger partial charge in [0.1, 0.15) is 24.2 Å². The summed E-state index contributed by atoms with van der Waals surface area (Å²) < 4.78 is 6.51. The van der Waals surface area contributed by atoms with Crippen LogP contribution in [0.15, 0.2) is 11.0 Å². The highest BCUT2D eigenvalue weighted by Gasteiger charge is 2.35. The van der Waals surface area contributed by atoms with Crippen LogP contribution in [-0.2, 0) is 19.1 Å². The van der Waals surface area contributed by atoms with Gasteiger partial charge in [-0.1, -0.05) is 11.8 Å². The number of aliphatic hydroxyl groups is 2. The largest absolute Gasteiger partial charge is 0.481 e. The Bertz CT molecular complexity index is 965. The van der Waals surface area contributed by atoms with Gasteiger partial charge in [0.15, 0.2) is 0 Å². The fourth-order valence-corrected chi connectivity index (χ4v) is 2.81. The van der Waals surface area contributed by atoms with Crippen LogP contribution in [0.4, 0.5) is 5.82 Å². The van der Waals surface area contributed by atoms with Crippen LogP contribution in [0.3, 0.4) is 0 Å². The minimum absolute atomic E-state index is 0.00492. The molecule has 1 fully saturated rings. The molecule has 1 aliphatic heterocycles. The molecule has 0 spiro atoms. The van der Waals surface area contributed by atoms with Crippen LogP contribution in [0.25, 0.3) is 0 Å². The van der Waals surface area contributed by atoms with E-state index in [1.165, 1.54) is 6.20 Å². The Labute approximate surface area is 175 Å². The summed E-state index contributed by atoms with van der Waals surface area (Å²) in [5.41, 5.74) is 5.14. The topological polar surface area (TPSA) is 214 Å². The molecule has 1 aliphatic rings. The molecule has 1 amide bonds. The number of hydrogen-bond donors (Lipinski definition) is 6. The molecule has 2 rings (SSSR count). The number of nitrogens with one attached hydrogen (secondary N) is 1. The van der Waals surface area contributed by atoms with Gasteiger partial charge in [-0.05, 0) is 0 Å². The Morgan fingerprint density at radius 3 is 2.68 bits per heavy atom. The summed E-state index contributed by atoms with van der Waals surface area (Å²) in [6.45, 7) is -0.418. The molecule has 7 N–H and O–H groups in total. The van der Waals surface area contributed by atoms with Crippen LogP contribution in [0, 0.1) is 11.8 Å². The third-order valence-corrected chi connectivity index (χ3v) is 4.39. The van der Waals surface area contributed by atoms with Gasteiger partial charge in [-0.2, -0.15) is 4.98 Å². The molecule has 0 bridgehead atoms. The SMILES string of the molecule is Nc1nc(=O)n(C2CC(O)C(CO)O2)cc1C#CCCC(=O)NC(CC(=O)O)C(=O)O. The maximum atomic E-state index is 12.1. The first-order chi connectivity index (χ1) is 14.6. The molecule has 2 heterocycles. The molecule has 13 nitrogen and oxygen atoms in total. The van der Waals surface area contributed by atoms with Crippen molar-refractivity contribution in [3.8, 4) is 11.8 Å². The number of nitrogens with zero attached hydrogens (tertiary/aromatic N) is 2. The molecule has 0 aromatic carbocycles. The van der Waals surface area contributed by atoms with E-state index in [4.69, 9.17) is 25.8 Å². The van der Waals surface area contributed by atoms with Crippen molar-refractivity contribution in [3.63, 3.8) is 0 Å². The van der Waals surface area contributed by atoms with E-state index in [1.807, 2.05) is 0 Å². The van der Waals surface area contributed by atoms with Crippen molar-refractivity contribution in [1.29, 1.82) is 0 Å². The number of hydrogen-bond acceptors (Lipinski definition) is 9. The van der Waals surface area contributed by atoms with Crippen molar-refractivity contribution in [1.82, 2.24) is 14.9 Å². The lowest BCUT2D eigenvalue weighted by Gasteiger charge is -2.15. The quantitative estimate of drug-likeness (QED) is 0.236. The van der Waals surface area contributed by atoms with Gasteiger partial charge in [0, 0.05) is 25.5 Å². The fourth-order valence-electron chi connectivity index (χ4n) is 2.81. The third kappa shape index (κ3) is 6.51. The minimum Gasteiger partial charge on any atom is -0.481 e. The lowest BCUT2D eigenvalue weighted by molar-refractivity contribution is -0.147. The monoisotopic (exact) mass is 438 g/mol. The first-order valence-corrected chi connectivity index (χ1v) is 9.18. The van der Waals surface area contributed by atoms with E-state index < -0.39 is 61.0 Å². The highest BCUT2D eigenvalue weighted by molar-refractivity contribution is 5.86. The maximum Gasteiger partial charge on any atom is 0.351 e. The number of anilines is 1. The zero-order valence-electron chi connectivity index (χ0n) is 16.2. The maximum absolute atomic E-state index is 12.1. The van der Waals surface area contributed by atoms with E-state index in [9.17, 15) is 24.3 Å². The van der Waals surface area contributed by atoms with Crippen molar-refractivity contribution >= 4 is 23.7 Å². The lowest BCUT2D eigenvalue weighted by Crippen LogP contribution is -2.42. The van der Waals surface area contributed by atoms with Crippen LogP contribution in [0.5, 0.6) is 0 Å². The third-order valence-electron chi connectivity index (χ3n) is 4.39. The standard InChI is InChI=1S/C18H22N4O9/c19-16-9(3-1-2-4-13(25)20-10(17(28)29)5-15(26)27)7-22(18(30)21-16)14-6-11(24)12(8-23)31-14/h7,10-12,14,23-24H,2,4-6,8H2,(H,20,25)(H,26,27)(H,28,29)(H2,19,21,30). The Morgan fingerprint density at radius 1 is 1.39 bits per heavy atom. The van der Waals surface area contributed by atoms with Crippen molar-refractivity contribution < 1.29 is 39.5 Å². The van der Waals surface area contributed by atoms with Gasteiger partial charge in [-0.25, -0.2) is 9.59 Å². The molecule has 31 heavy (non-hydrogen) atoms. The van der Waals surface area contributed by atoms with Crippen LogP contribution < -0.4 is 16.7 Å². The summed E-state index contributed by atoms with van der Waals surface area (Å²) in [7, 11) is 0. The summed E-state index contributed by atoms with van der Waals surface area (Å²) >= 11 is 0. The molecular weight excluding hydrogens is 416 g/mol. The summed E-state index contributed by atoms with van der Waals surface area (Å²) in [6, 6.07) is -1.55. The van der Waals surface area contributed by atoms with Crippen molar-refractivity contribution in [2.75, 3.05) is 12.3 Å². The summed E-state index contributed by atoms with van der Waals surface area (Å²) in [5.74, 6) is 1.62. The molecule has 0 radical (unpaired) electrons. The number of nitrogen functional groups attached to an aromatic ring is 1. The predicted molar refractivity (Wildman–Crippen MR) is 102 cm³/mol. The van der Waals surface area contributed by atoms with Gasteiger partial charge in [0.05, 0.1) is 24.7 Å². The minimum atomic E-state index is -1.55. The van der Waals surface area contributed by atoms with E-state index in [0.29, 0.717) is 0 Å². The number of aliphatic carboxylic acids is 2. The second kappa shape index (κ2) is 10.5. The predicted octanol–water partition coefficient (Wildman–Crippen LogP) is -2.36. The number of amides is 1. The van der Waals surface area contributed by atoms with Gasteiger partial charge < -0.3 is 36.2 Å². The number of carbonyl (C=O) groups is 3. The molecule has 1 aromatic rings. The molecular formula is C18H22N4O9. The second-order valence-electron chi connectivity index (χ2n) is 6.70. The van der Waals surface area contributed by atoms with Crippen molar-refractivity contribution in [2.45, 2.75) is 50.2 Å². The number of carboxylic acid groups (broad SMARTS) is 2. The van der Waals surface area contributed by atoms with Crippen molar-refractivity contribution in [3.05, 3.63) is 22.2 Å². The van der Waals surface area contributed by atoms with Gasteiger partial charge in [-0.15, -0.1) is 0 Å². The molecule has 1 aromatic heterocycles. The number of aromatic nitrogens is 2. The van der Waals surface area contributed by atoms with E-state index in [0.717, 1.165) is 4.57 Å². The summed E-state index contributed by atoms with van der Waals surface area (Å²) in [4.78, 5) is 49.1. The Hall–Kier alpha value is -3.47. The Kier molecular flexibility index (Phi) is 8.08. The number of carbonyl (C=O) groups excluding carboxylic acids is 1. The average molecular weight is 438 g/mol. The van der Waals surface area contributed by atoms with Crippen LogP contribution in [0.2, 0.25) is 0 Å². The smallest absolute Gasteiger partial charge is 0.351 e. The fraction of sp³-hybridized carbons (Fsp3) is 0.500. The first kappa shape index (κ1) is 23.8. The average Bonchev–Trinajstić information content (AvgIpc) is 3.06. The Morgan fingerprint density at radius 2 is 2.10 bits per heavy atom.